The van der Waals surface area contributed by atoms with Gasteiger partial charge in [-0.2, -0.15) is 0 Å². The van der Waals surface area contributed by atoms with Crippen LogP contribution in [-0.2, 0) is 16.0 Å². The lowest BCUT2D eigenvalue weighted by molar-refractivity contribution is -0.135. The molecule has 0 unspecified atom stereocenters. The molecule has 28 heavy (non-hydrogen) atoms. The van der Waals surface area contributed by atoms with Crippen molar-refractivity contribution in [2.45, 2.75) is 45.7 Å². The topological polar surface area (TPSA) is 69.6 Å². The first kappa shape index (κ1) is 22.6. The van der Waals surface area contributed by atoms with E-state index in [1.807, 2.05) is 43.8 Å². The highest BCUT2D eigenvalue weighted by molar-refractivity contribution is 7.98. The molecule has 0 N–H and O–H groups in total. The summed E-state index contributed by atoms with van der Waals surface area (Å²) in [7, 11) is 0. The summed E-state index contributed by atoms with van der Waals surface area (Å²) in [6.07, 6.45) is 3.11. The molecule has 2 rings (SSSR count). The molecule has 0 spiro atoms. The summed E-state index contributed by atoms with van der Waals surface area (Å²) >= 11 is 1.53. The molecule has 1 aromatic heterocycles. The molecular weight excluding hydrogens is 374 g/mol. The minimum atomic E-state index is 0.169. The van der Waals surface area contributed by atoms with Crippen LogP contribution < -0.4 is 0 Å². The number of aromatic nitrogens is 2. The van der Waals surface area contributed by atoms with Gasteiger partial charge in [-0.1, -0.05) is 11.8 Å². The Balaban J connectivity index is 1.82. The Kier molecular flexibility index (Phi) is 8.69. The van der Waals surface area contributed by atoms with Gasteiger partial charge < -0.3 is 9.80 Å². The van der Waals surface area contributed by atoms with Crippen molar-refractivity contribution in [3.8, 4) is 0 Å². The number of hydrogen-bond acceptors (Lipinski definition) is 6. The van der Waals surface area contributed by atoms with Crippen molar-refractivity contribution in [1.29, 1.82) is 0 Å². The number of carbonyl (C=O) groups excluding carboxylic acids is 2. The third-order valence-corrected chi connectivity index (χ3v) is 5.92. The van der Waals surface area contributed by atoms with Crippen molar-refractivity contribution >= 4 is 23.6 Å². The SMILES string of the molecule is CCN(CC)C(=O)CN1CCN(C(=O)CCc2c(C)nc(SC)nc2C)CC1. The molecule has 8 heteroatoms. The highest BCUT2D eigenvalue weighted by Gasteiger charge is 2.23. The summed E-state index contributed by atoms with van der Waals surface area (Å²) in [5.74, 6) is 0.340. The van der Waals surface area contributed by atoms with Gasteiger partial charge in [-0.3, -0.25) is 14.5 Å². The zero-order valence-electron chi connectivity index (χ0n) is 17.8. The van der Waals surface area contributed by atoms with Crippen LogP contribution in [0.3, 0.4) is 0 Å². The second-order valence-corrected chi connectivity index (χ2v) is 7.86. The van der Waals surface area contributed by atoms with Crippen LogP contribution >= 0.6 is 11.8 Å². The van der Waals surface area contributed by atoms with Gasteiger partial charge >= 0.3 is 0 Å². The van der Waals surface area contributed by atoms with E-state index in [0.717, 1.165) is 48.3 Å². The first-order valence-corrected chi connectivity index (χ1v) is 11.3. The summed E-state index contributed by atoms with van der Waals surface area (Å²) in [5, 5.41) is 0.778. The monoisotopic (exact) mass is 407 g/mol. The van der Waals surface area contributed by atoms with Crippen molar-refractivity contribution in [3.63, 3.8) is 0 Å². The molecule has 0 aromatic carbocycles. The zero-order chi connectivity index (χ0) is 20.7. The number of aryl methyl sites for hydroxylation is 2. The fraction of sp³-hybridized carbons (Fsp3) is 0.700. The molecule has 1 aliphatic heterocycles. The fourth-order valence-electron chi connectivity index (χ4n) is 3.57. The van der Waals surface area contributed by atoms with Gasteiger partial charge in [0.2, 0.25) is 11.8 Å². The van der Waals surface area contributed by atoms with Gasteiger partial charge in [0.05, 0.1) is 6.54 Å². The number of carbonyl (C=O) groups is 2. The van der Waals surface area contributed by atoms with E-state index in [9.17, 15) is 9.59 Å². The van der Waals surface area contributed by atoms with Crippen LogP contribution in [0.4, 0.5) is 0 Å². The van der Waals surface area contributed by atoms with E-state index >= 15 is 0 Å². The van der Waals surface area contributed by atoms with E-state index in [1.54, 1.807) is 0 Å². The third kappa shape index (κ3) is 5.91. The number of hydrogen-bond donors (Lipinski definition) is 0. The summed E-state index contributed by atoms with van der Waals surface area (Å²) < 4.78 is 0. The van der Waals surface area contributed by atoms with E-state index in [-0.39, 0.29) is 11.8 Å². The Morgan fingerprint density at radius 2 is 1.61 bits per heavy atom. The van der Waals surface area contributed by atoms with Crippen LogP contribution in [0.15, 0.2) is 5.16 Å². The molecule has 0 aliphatic carbocycles. The molecule has 0 atom stereocenters. The van der Waals surface area contributed by atoms with Gasteiger partial charge in [0.1, 0.15) is 0 Å². The molecule has 1 fully saturated rings. The minimum Gasteiger partial charge on any atom is -0.342 e. The van der Waals surface area contributed by atoms with Crippen LogP contribution in [0.5, 0.6) is 0 Å². The van der Waals surface area contributed by atoms with Crippen LogP contribution in [0.2, 0.25) is 0 Å². The average Bonchev–Trinajstić information content (AvgIpc) is 2.68. The number of likely N-dealkylation sites (N-methyl/N-ethyl adjacent to an activating group) is 1. The molecule has 0 bridgehead atoms. The number of rotatable bonds is 8. The first-order chi connectivity index (χ1) is 13.4. The molecule has 0 radical (unpaired) electrons. The Morgan fingerprint density at radius 1 is 1.04 bits per heavy atom. The summed E-state index contributed by atoms with van der Waals surface area (Å²) in [4.78, 5) is 39.8. The molecule has 7 nitrogen and oxygen atoms in total. The number of thioether (sulfide) groups is 1. The van der Waals surface area contributed by atoms with Crippen molar-refractivity contribution < 1.29 is 9.59 Å². The van der Waals surface area contributed by atoms with Gasteiger partial charge in [-0.15, -0.1) is 0 Å². The van der Waals surface area contributed by atoms with Crippen molar-refractivity contribution in [2.75, 3.05) is 52.1 Å². The summed E-state index contributed by atoms with van der Waals surface area (Å²) in [6.45, 7) is 12.8. The molecule has 1 saturated heterocycles. The van der Waals surface area contributed by atoms with Gasteiger partial charge in [0.15, 0.2) is 5.16 Å². The number of piperazine rings is 1. The molecule has 2 amide bonds. The van der Waals surface area contributed by atoms with Gasteiger partial charge in [-0.25, -0.2) is 9.97 Å². The van der Waals surface area contributed by atoms with Crippen LogP contribution in [0.1, 0.15) is 37.2 Å². The van der Waals surface area contributed by atoms with E-state index in [1.165, 1.54) is 11.8 Å². The molecule has 2 heterocycles. The molecular formula is C20H33N5O2S. The fourth-order valence-corrected chi connectivity index (χ4v) is 4.03. The third-order valence-electron chi connectivity index (χ3n) is 5.37. The van der Waals surface area contributed by atoms with Crippen LogP contribution in [0, 0.1) is 13.8 Å². The Hall–Kier alpha value is -1.67. The number of nitrogens with zero attached hydrogens (tertiary/aromatic N) is 5. The Bertz CT molecular complexity index is 662. The lowest BCUT2D eigenvalue weighted by Crippen LogP contribution is -2.51. The zero-order valence-corrected chi connectivity index (χ0v) is 18.6. The van der Waals surface area contributed by atoms with Gasteiger partial charge in [-0.05, 0) is 45.9 Å². The molecule has 1 aliphatic rings. The Labute approximate surface area is 172 Å². The van der Waals surface area contributed by atoms with Crippen molar-refractivity contribution in [3.05, 3.63) is 17.0 Å². The second-order valence-electron chi connectivity index (χ2n) is 7.08. The molecule has 1 aromatic rings. The number of amides is 2. The lowest BCUT2D eigenvalue weighted by atomic mass is 10.1. The highest BCUT2D eigenvalue weighted by atomic mass is 32.2. The van der Waals surface area contributed by atoms with Crippen LogP contribution in [0.25, 0.3) is 0 Å². The summed E-state index contributed by atoms with van der Waals surface area (Å²) in [5.41, 5.74) is 3.00. The largest absolute Gasteiger partial charge is 0.342 e. The first-order valence-electron chi connectivity index (χ1n) is 10.1. The van der Waals surface area contributed by atoms with Gasteiger partial charge in [0.25, 0.3) is 0 Å². The second kappa shape index (κ2) is 10.8. The maximum atomic E-state index is 12.6. The average molecular weight is 408 g/mol. The minimum absolute atomic E-state index is 0.169. The molecule has 156 valence electrons. The standard InChI is InChI=1S/C20H33N5O2S/c1-6-24(7-2)19(27)14-23-10-12-25(13-11-23)18(26)9-8-17-15(3)21-20(28-5)22-16(17)4/h6-14H2,1-5H3. The van der Waals surface area contributed by atoms with E-state index < -0.39 is 0 Å². The predicted octanol–water partition coefficient (Wildman–Crippen LogP) is 1.76. The van der Waals surface area contributed by atoms with E-state index in [2.05, 4.69) is 14.9 Å². The van der Waals surface area contributed by atoms with Crippen LogP contribution in [-0.4, -0.2) is 88.6 Å². The maximum absolute atomic E-state index is 12.6. The maximum Gasteiger partial charge on any atom is 0.236 e. The smallest absolute Gasteiger partial charge is 0.236 e. The van der Waals surface area contributed by atoms with E-state index in [4.69, 9.17) is 0 Å². The molecule has 0 saturated carbocycles. The van der Waals surface area contributed by atoms with Gasteiger partial charge in [0, 0.05) is 57.1 Å². The van der Waals surface area contributed by atoms with Crippen molar-refractivity contribution in [1.82, 2.24) is 24.7 Å². The van der Waals surface area contributed by atoms with E-state index in [0.29, 0.717) is 32.5 Å². The highest BCUT2D eigenvalue weighted by Crippen LogP contribution is 2.17. The quantitative estimate of drug-likeness (QED) is 0.483. The normalized spacial score (nSPS) is 15.0. The van der Waals surface area contributed by atoms with Crippen molar-refractivity contribution in [2.24, 2.45) is 0 Å². The Morgan fingerprint density at radius 3 is 2.11 bits per heavy atom. The summed E-state index contributed by atoms with van der Waals surface area (Å²) in [6, 6.07) is 0. The predicted molar refractivity (Wildman–Crippen MR) is 113 cm³/mol. The lowest BCUT2D eigenvalue weighted by Gasteiger charge is -2.35.